The van der Waals surface area contributed by atoms with Crippen LogP contribution >= 0.6 is 11.6 Å². The minimum atomic E-state index is 0.202. The molecule has 3 heteroatoms. The third-order valence-electron chi connectivity index (χ3n) is 2.96. The Hall–Kier alpha value is -1.67. The van der Waals surface area contributed by atoms with Gasteiger partial charge in [0.15, 0.2) is 0 Å². The zero-order chi connectivity index (χ0) is 14.5. The monoisotopic (exact) mass is 289 g/mol. The van der Waals surface area contributed by atoms with Crippen molar-refractivity contribution < 1.29 is 4.74 Å². The van der Waals surface area contributed by atoms with Crippen LogP contribution in [-0.4, -0.2) is 6.10 Å². The Balaban J connectivity index is 1.95. The van der Waals surface area contributed by atoms with Crippen molar-refractivity contribution in [2.45, 2.75) is 33.4 Å². The molecule has 0 saturated carbocycles. The first-order valence-electron chi connectivity index (χ1n) is 6.80. The first kappa shape index (κ1) is 14.7. The van der Waals surface area contributed by atoms with Crippen LogP contribution in [0.5, 0.6) is 5.75 Å². The second kappa shape index (κ2) is 6.67. The number of ether oxygens (including phenoxy) is 1. The highest BCUT2D eigenvalue weighted by molar-refractivity contribution is 6.31. The molecule has 2 aromatic rings. The minimum Gasteiger partial charge on any atom is -0.491 e. The van der Waals surface area contributed by atoms with Crippen LogP contribution < -0.4 is 10.1 Å². The van der Waals surface area contributed by atoms with Crippen LogP contribution in [0.15, 0.2) is 42.5 Å². The highest BCUT2D eigenvalue weighted by atomic mass is 35.5. The molecule has 0 aliphatic heterocycles. The number of aryl methyl sites for hydroxylation is 1. The number of anilines is 1. The molecule has 2 nitrogen and oxygen atoms in total. The lowest BCUT2D eigenvalue weighted by Crippen LogP contribution is -2.05. The molecule has 106 valence electrons. The van der Waals surface area contributed by atoms with Gasteiger partial charge in [-0.25, -0.2) is 0 Å². The molecule has 0 aromatic heterocycles. The third-order valence-corrected chi connectivity index (χ3v) is 3.37. The largest absolute Gasteiger partial charge is 0.491 e. The van der Waals surface area contributed by atoms with Crippen LogP contribution in [-0.2, 0) is 6.54 Å². The highest BCUT2D eigenvalue weighted by Crippen LogP contribution is 2.21. The maximum Gasteiger partial charge on any atom is 0.119 e. The van der Waals surface area contributed by atoms with Crippen molar-refractivity contribution in [2.75, 3.05) is 5.32 Å². The summed E-state index contributed by atoms with van der Waals surface area (Å²) in [6.07, 6.45) is 0.202. The van der Waals surface area contributed by atoms with Crippen LogP contribution in [0.25, 0.3) is 0 Å². The standard InChI is InChI=1S/C17H20ClNO/c1-12(2)20-16-8-5-14(6-9-16)11-19-15-7-4-13(3)17(18)10-15/h4-10,12,19H,11H2,1-3H3. The van der Waals surface area contributed by atoms with E-state index in [4.69, 9.17) is 16.3 Å². The van der Waals surface area contributed by atoms with E-state index in [0.29, 0.717) is 0 Å². The van der Waals surface area contributed by atoms with Crippen LogP contribution in [0, 0.1) is 6.92 Å². The summed E-state index contributed by atoms with van der Waals surface area (Å²) in [6.45, 7) is 6.81. The summed E-state index contributed by atoms with van der Waals surface area (Å²) in [7, 11) is 0. The van der Waals surface area contributed by atoms with E-state index in [2.05, 4.69) is 17.4 Å². The molecule has 0 atom stereocenters. The zero-order valence-electron chi connectivity index (χ0n) is 12.1. The fourth-order valence-corrected chi connectivity index (χ4v) is 2.05. The van der Waals surface area contributed by atoms with Crippen molar-refractivity contribution >= 4 is 17.3 Å². The van der Waals surface area contributed by atoms with E-state index >= 15 is 0 Å². The second-order valence-electron chi connectivity index (χ2n) is 5.13. The number of nitrogens with one attached hydrogen (secondary N) is 1. The van der Waals surface area contributed by atoms with Crippen molar-refractivity contribution in [1.82, 2.24) is 0 Å². The van der Waals surface area contributed by atoms with Gasteiger partial charge in [0, 0.05) is 17.3 Å². The van der Waals surface area contributed by atoms with Gasteiger partial charge in [-0.2, -0.15) is 0 Å². The molecule has 0 radical (unpaired) electrons. The lowest BCUT2D eigenvalue weighted by atomic mass is 10.2. The SMILES string of the molecule is Cc1ccc(NCc2ccc(OC(C)C)cc2)cc1Cl. The number of rotatable bonds is 5. The first-order valence-corrected chi connectivity index (χ1v) is 7.18. The topological polar surface area (TPSA) is 21.3 Å². The lowest BCUT2D eigenvalue weighted by molar-refractivity contribution is 0.242. The molecule has 0 fully saturated rings. The Morgan fingerprint density at radius 3 is 2.40 bits per heavy atom. The smallest absolute Gasteiger partial charge is 0.119 e. The Kier molecular flexibility index (Phi) is 4.91. The van der Waals surface area contributed by atoms with Crippen molar-refractivity contribution in [3.05, 3.63) is 58.6 Å². The predicted octanol–water partition coefficient (Wildman–Crippen LogP) is 5.05. The zero-order valence-corrected chi connectivity index (χ0v) is 12.9. The van der Waals surface area contributed by atoms with E-state index in [0.717, 1.165) is 28.6 Å². The molecular formula is C17H20ClNO. The van der Waals surface area contributed by atoms with E-state index < -0.39 is 0 Å². The molecule has 0 bridgehead atoms. The van der Waals surface area contributed by atoms with Crippen LogP contribution in [0.4, 0.5) is 5.69 Å². The predicted molar refractivity (Wildman–Crippen MR) is 85.7 cm³/mol. The molecule has 0 spiro atoms. The van der Waals surface area contributed by atoms with Crippen molar-refractivity contribution in [2.24, 2.45) is 0 Å². The van der Waals surface area contributed by atoms with Crippen LogP contribution in [0.2, 0.25) is 5.02 Å². The fourth-order valence-electron chi connectivity index (χ4n) is 1.86. The van der Waals surface area contributed by atoms with Gasteiger partial charge in [-0.15, -0.1) is 0 Å². The van der Waals surface area contributed by atoms with Gasteiger partial charge in [0.2, 0.25) is 0 Å². The molecule has 0 saturated heterocycles. The molecule has 0 aliphatic carbocycles. The van der Waals surface area contributed by atoms with Crippen LogP contribution in [0.3, 0.4) is 0 Å². The molecular weight excluding hydrogens is 270 g/mol. The molecule has 2 aromatic carbocycles. The van der Waals surface area contributed by atoms with Gasteiger partial charge in [-0.1, -0.05) is 29.8 Å². The first-order chi connectivity index (χ1) is 9.54. The van der Waals surface area contributed by atoms with Crippen molar-refractivity contribution in [1.29, 1.82) is 0 Å². The summed E-state index contributed by atoms with van der Waals surface area (Å²) in [5.74, 6) is 0.905. The number of hydrogen-bond acceptors (Lipinski definition) is 2. The van der Waals surface area contributed by atoms with Gasteiger partial charge in [0.25, 0.3) is 0 Å². The summed E-state index contributed by atoms with van der Waals surface area (Å²) >= 11 is 6.11. The molecule has 1 N–H and O–H groups in total. The van der Waals surface area contributed by atoms with Gasteiger partial charge in [-0.05, 0) is 56.2 Å². The number of benzene rings is 2. The normalized spacial score (nSPS) is 10.7. The summed E-state index contributed by atoms with van der Waals surface area (Å²) in [5.41, 5.74) is 3.33. The maximum atomic E-state index is 6.11. The van der Waals surface area contributed by atoms with E-state index in [1.54, 1.807) is 0 Å². The average molecular weight is 290 g/mol. The lowest BCUT2D eigenvalue weighted by Gasteiger charge is -2.11. The Bertz CT molecular complexity index is 564. The van der Waals surface area contributed by atoms with E-state index in [1.807, 2.05) is 51.1 Å². The molecule has 0 unspecified atom stereocenters. The van der Waals surface area contributed by atoms with Crippen molar-refractivity contribution in [3.8, 4) is 5.75 Å². The molecule has 2 rings (SSSR count). The van der Waals surface area contributed by atoms with E-state index in [-0.39, 0.29) is 6.10 Å². The summed E-state index contributed by atoms with van der Waals surface area (Å²) < 4.78 is 5.62. The maximum absolute atomic E-state index is 6.11. The quantitative estimate of drug-likeness (QED) is 0.832. The molecule has 0 amide bonds. The summed E-state index contributed by atoms with van der Waals surface area (Å²) in [5, 5.41) is 4.15. The Morgan fingerprint density at radius 2 is 1.80 bits per heavy atom. The molecule has 20 heavy (non-hydrogen) atoms. The number of hydrogen-bond donors (Lipinski definition) is 1. The van der Waals surface area contributed by atoms with Gasteiger partial charge >= 0.3 is 0 Å². The highest BCUT2D eigenvalue weighted by Gasteiger charge is 2.00. The van der Waals surface area contributed by atoms with Crippen molar-refractivity contribution in [3.63, 3.8) is 0 Å². The van der Waals surface area contributed by atoms with Gasteiger partial charge in [0.05, 0.1) is 6.10 Å². The average Bonchev–Trinajstić information content (AvgIpc) is 2.41. The van der Waals surface area contributed by atoms with Crippen LogP contribution in [0.1, 0.15) is 25.0 Å². The van der Waals surface area contributed by atoms with Gasteiger partial charge in [-0.3, -0.25) is 0 Å². The van der Waals surface area contributed by atoms with E-state index in [1.165, 1.54) is 5.56 Å². The summed E-state index contributed by atoms with van der Waals surface area (Å²) in [4.78, 5) is 0. The minimum absolute atomic E-state index is 0.202. The second-order valence-corrected chi connectivity index (χ2v) is 5.54. The summed E-state index contributed by atoms with van der Waals surface area (Å²) in [6, 6.07) is 14.1. The van der Waals surface area contributed by atoms with Gasteiger partial charge < -0.3 is 10.1 Å². The van der Waals surface area contributed by atoms with Gasteiger partial charge in [0.1, 0.15) is 5.75 Å². The Labute approximate surface area is 125 Å². The third kappa shape index (κ3) is 4.17. The number of halogens is 1. The molecule has 0 heterocycles. The van der Waals surface area contributed by atoms with E-state index in [9.17, 15) is 0 Å². The Morgan fingerprint density at radius 1 is 1.10 bits per heavy atom. The molecule has 0 aliphatic rings. The fraction of sp³-hybridized carbons (Fsp3) is 0.294.